The average Bonchev–Trinajstić information content (AvgIpc) is 2.27. The van der Waals surface area contributed by atoms with Gasteiger partial charge in [-0.15, -0.1) is 11.6 Å². The number of hydrogen-bond donors (Lipinski definition) is 0. The SMILES string of the molecule is COC(=O)CCC(C)(C)C(Cl)C(OC)OC. The summed E-state index contributed by atoms with van der Waals surface area (Å²) in [5.41, 5.74) is -0.271. The number of esters is 1. The molecule has 0 amide bonds. The molecule has 0 aliphatic rings. The van der Waals surface area contributed by atoms with Crippen LogP contribution in [0.2, 0.25) is 0 Å². The van der Waals surface area contributed by atoms with Crippen LogP contribution in [0, 0.1) is 5.41 Å². The molecule has 5 heteroatoms. The van der Waals surface area contributed by atoms with E-state index in [-0.39, 0.29) is 16.8 Å². The molecule has 0 aliphatic heterocycles. The Kier molecular flexibility index (Phi) is 6.95. The third kappa shape index (κ3) is 4.68. The number of alkyl halides is 1. The molecule has 0 rings (SSSR count). The molecule has 0 N–H and O–H groups in total. The third-order valence-corrected chi connectivity index (χ3v) is 3.45. The molecule has 0 spiro atoms. The Morgan fingerprint density at radius 3 is 2.12 bits per heavy atom. The Labute approximate surface area is 102 Å². The minimum atomic E-state index is -0.477. The van der Waals surface area contributed by atoms with Crippen molar-refractivity contribution in [1.29, 1.82) is 0 Å². The van der Waals surface area contributed by atoms with E-state index in [1.165, 1.54) is 7.11 Å². The molecular formula is C11H21ClO4. The van der Waals surface area contributed by atoms with Gasteiger partial charge in [-0.1, -0.05) is 13.8 Å². The van der Waals surface area contributed by atoms with Crippen molar-refractivity contribution >= 4 is 17.6 Å². The average molecular weight is 253 g/mol. The molecule has 0 aromatic rings. The van der Waals surface area contributed by atoms with Gasteiger partial charge in [0.15, 0.2) is 6.29 Å². The number of methoxy groups -OCH3 is 3. The first kappa shape index (κ1) is 15.7. The van der Waals surface area contributed by atoms with Crippen LogP contribution in [0.4, 0.5) is 0 Å². The fourth-order valence-electron chi connectivity index (χ4n) is 1.37. The normalized spacial score (nSPS) is 13.9. The molecule has 0 saturated heterocycles. The van der Waals surface area contributed by atoms with E-state index < -0.39 is 6.29 Å². The van der Waals surface area contributed by atoms with Crippen LogP contribution < -0.4 is 0 Å². The molecule has 4 nitrogen and oxygen atoms in total. The molecule has 0 saturated carbocycles. The first-order chi connectivity index (χ1) is 7.38. The maximum Gasteiger partial charge on any atom is 0.305 e. The molecule has 0 bridgehead atoms. The van der Waals surface area contributed by atoms with Crippen LogP contribution in [0.25, 0.3) is 0 Å². The Morgan fingerprint density at radius 1 is 1.25 bits per heavy atom. The van der Waals surface area contributed by atoms with E-state index in [0.717, 1.165) is 0 Å². The molecule has 0 aromatic carbocycles. The van der Waals surface area contributed by atoms with Crippen molar-refractivity contribution in [2.75, 3.05) is 21.3 Å². The summed E-state index contributed by atoms with van der Waals surface area (Å²) >= 11 is 6.26. The van der Waals surface area contributed by atoms with Crippen LogP contribution in [-0.4, -0.2) is 39.0 Å². The van der Waals surface area contributed by atoms with Gasteiger partial charge in [0.05, 0.1) is 12.5 Å². The van der Waals surface area contributed by atoms with Gasteiger partial charge in [0, 0.05) is 20.6 Å². The highest BCUT2D eigenvalue weighted by atomic mass is 35.5. The van der Waals surface area contributed by atoms with Crippen molar-refractivity contribution in [3.05, 3.63) is 0 Å². The van der Waals surface area contributed by atoms with Gasteiger partial charge < -0.3 is 14.2 Å². The van der Waals surface area contributed by atoms with Crippen LogP contribution in [0.5, 0.6) is 0 Å². The minimum absolute atomic E-state index is 0.233. The van der Waals surface area contributed by atoms with Gasteiger partial charge in [0.2, 0.25) is 0 Å². The van der Waals surface area contributed by atoms with E-state index in [1.54, 1.807) is 14.2 Å². The summed E-state index contributed by atoms with van der Waals surface area (Å²) in [6, 6.07) is 0. The Balaban J connectivity index is 4.34. The molecular weight excluding hydrogens is 232 g/mol. The molecule has 16 heavy (non-hydrogen) atoms. The van der Waals surface area contributed by atoms with E-state index in [0.29, 0.717) is 12.8 Å². The quantitative estimate of drug-likeness (QED) is 0.396. The van der Waals surface area contributed by atoms with Gasteiger partial charge in [-0.3, -0.25) is 4.79 Å². The van der Waals surface area contributed by atoms with Crippen molar-refractivity contribution in [2.45, 2.75) is 38.4 Å². The summed E-state index contributed by atoms with van der Waals surface area (Å²) in [5, 5.41) is -0.327. The van der Waals surface area contributed by atoms with Crippen LogP contribution in [0.3, 0.4) is 0 Å². The summed E-state index contributed by atoms with van der Waals surface area (Å²) < 4.78 is 14.8. The molecule has 0 fully saturated rings. The lowest BCUT2D eigenvalue weighted by Crippen LogP contribution is -2.38. The summed E-state index contributed by atoms with van der Waals surface area (Å²) in [4.78, 5) is 11.1. The Hall–Kier alpha value is -0.320. The van der Waals surface area contributed by atoms with Crippen molar-refractivity contribution in [1.82, 2.24) is 0 Å². The summed E-state index contributed by atoms with van der Waals surface area (Å²) in [5.74, 6) is -0.233. The van der Waals surface area contributed by atoms with Crippen LogP contribution in [0.15, 0.2) is 0 Å². The number of carbonyl (C=O) groups excluding carboxylic acids is 1. The summed E-state index contributed by atoms with van der Waals surface area (Å²) in [6.07, 6.45) is 0.485. The Bertz CT molecular complexity index is 214. The molecule has 96 valence electrons. The van der Waals surface area contributed by atoms with Gasteiger partial charge in [-0.05, 0) is 11.8 Å². The van der Waals surface area contributed by atoms with Crippen LogP contribution >= 0.6 is 11.6 Å². The second kappa shape index (κ2) is 7.09. The smallest absolute Gasteiger partial charge is 0.305 e. The molecule has 0 aliphatic carbocycles. The van der Waals surface area contributed by atoms with Gasteiger partial charge in [0.1, 0.15) is 0 Å². The third-order valence-electron chi connectivity index (χ3n) is 2.65. The minimum Gasteiger partial charge on any atom is -0.469 e. The molecule has 0 radical (unpaired) electrons. The van der Waals surface area contributed by atoms with Crippen molar-refractivity contribution in [3.8, 4) is 0 Å². The number of rotatable bonds is 7. The van der Waals surface area contributed by atoms with Crippen LogP contribution in [0.1, 0.15) is 26.7 Å². The van der Waals surface area contributed by atoms with Gasteiger partial charge in [-0.25, -0.2) is 0 Å². The zero-order valence-electron chi connectivity index (χ0n) is 10.6. The second-order valence-corrected chi connectivity index (χ2v) is 4.78. The first-order valence-electron chi connectivity index (χ1n) is 5.15. The predicted molar refractivity (Wildman–Crippen MR) is 62.5 cm³/mol. The fraction of sp³-hybridized carbons (Fsp3) is 0.909. The maximum atomic E-state index is 11.1. The Morgan fingerprint density at radius 2 is 1.75 bits per heavy atom. The summed E-state index contributed by atoms with van der Waals surface area (Å²) in [6.45, 7) is 3.94. The lowest BCUT2D eigenvalue weighted by Gasteiger charge is -2.33. The lowest BCUT2D eigenvalue weighted by molar-refractivity contribution is -0.142. The topological polar surface area (TPSA) is 44.8 Å². The maximum absolute atomic E-state index is 11.1. The van der Waals surface area contributed by atoms with E-state index >= 15 is 0 Å². The standard InChI is InChI=1S/C11H21ClO4/c1-11(2,7-6-8(13)14-3)9(12)10(15-4)16-5/h9-10H,6-7H2,1-5H3. The fourth-order valence-corrected chi connectivity index (χ4v) is 1.68. The number of ether oxygens (including phenoxy) is 3. The van der Waals surface area contributed by atoms with E-state index in [4.69, 9.17) is 21.1 Å². The van der Waals surface area contributed by atoms with Gasteiger partial charge >= 0.3 is 5.97 Å². The number of carbonyl (C=O) groups is 1. The monoisotopic (exact) mass is 252 g/mol. The zero-order chi connectivity index (χ0) is 12.8. The van der Waals surface area contributed by atoms with E-state index in [2.05, 4.69) is 4.74 Å². The predicted octanol–water partition coefficient (Wildman–Crippen LogP) is 2.19. The summed E-state index contributed by atoms with van der Waals surface area (Å²) in [7, 11) is 4.46. The first-order valence-corrected chi connectivity index (χ1v) is 5.59. The largest absolute Gasteiger partial charge is 0.469 e. The van der Waals surface area contributed by atoms with E-state index in [1.807, 2.05) is 13.8 Å². The highest BCUT2D eigenvalue weighted by Crippen LogP contribution is 2.34. The molecule has 1 atom stereocenters. The molecule has 1 unspecified atom stereocenters. The lowest BCUT2D eigenvalue weighted by atomic mass is 9.83. The number of hydrogen-bond acceptors (Lipinski definition) is 4. The van der Waals surface area contributed by atoms with Crippen LogP contribution in [-0.2, 0) is 19.0 Å². The van der Waals surface area contributed by atoms with Crippen molar-refractivity contribution in [3.63, 3.8) is 0 Å². The van der Waals surface area contributed by atoms with Gasteiger partial charge in [0.25, 0.3) is 0 Å². The second-order valence-electron chi connectivity index (χ2n) is 4.31. The molecule has 0 aromatic heterocycles. The van der Waals surface area contributed by atoms with E-state index in [9.17, 15) is 4.79 Å². The highest BCUT2D eigenvalue weighted by molar-refractivity contribution is 6.21. The zero-order valence-corrected chi connectivity index (χ0v) is 11.3. The van der Waals surface area contributed by atoms with Gasteiger partial charge in [-0.2, -0.15) is 0 Å². The highest BCUT2D eigenvalue weighted by Gasteiger charge is 2.35. The number of halogens is 1. The molecule has 0 heterocycles. The van der Waals surface area contributed by atoms with Crippen molar-refractivity contribution in [2.24, 2.45) is 5.41 Å². The van der Waals surface area contributed by atoms with Crippen molar-refractivity contribution < 1.29 is 19.0 Å².